The van der Waals surface area contributed by atoms with E-state index >= 15 is 0 Å². The topological polar surface area (TPSA) is 81.8 Å². The number of nitrogens with one attached hydrogen (secondary N) is 2. The molecular weight excluding hydrogens is 416 g/mol. The second-order valence-corrected chi connectivity index (χ2v) is 9.61. The third-order valence-corrected chi connectivity index (χ3v) is 7.08. The molecule has 2 aromatic carbocycles. The van der Waals surface area contributed by atoms with Crippen molar-refractivity contribution in [2.75, 3.05) is 49.5 Å². The standard InChI is InChI=1S/C26H36N4O3/c1-19-10-15-30(16-11-19)23-22(24(31)25(23)32)28-18-20-6-8-21(9-7-20)26(33)27-12-17-29-13-4-2-3-5-14-29/h6-9,19,28H,2-5,10-18H2,1H3,(H,27,33). The van der Waals surface area contributed by atoms with Gasteiger partial charge in [0.25, 0.3) is 16.8 Å². The first-order valence-electron chi connectivity index (χ1n) is 12.4. The van der Waals surface area contributed by atoms with Crippen LogP contribution < -0.4 is 26.4 Å². The first kappa shape index (κ1) is 23.5. The number of piperidine rings is 1. The van der Waals surface area contributed by atoms with Crippen molar-refractivity contribution in [2.45, 2.75) is 52.0 Å². The fraction of sp³-hybridized carbons (Fsp3) is 0.577. The minimum atomic E-state index is -0.427. The van der Waals surface area contributed by atoms with Crippen molar-refractivity contribution in [1.82, 2.24) is 10.2 Å². The largest absolute Gasteiger partial charge is 0.376 e. The Kier molecular flexibility index (Phi) is 7.81. The maximum atomic E-state index is 12.5. The Morgan fingerprint density at radius 3 is 2.27 bits per heavy atom. The molecule has 2 fully saturated rings. The summed E-state index contributed by atoms with van der Waals surface area (Å²) in [6.45, 7) is 8.11. The summed E-state index contributed by atoms with van der Waals surface area (Å²) in [7, 11) is 0. The monoisotopic (exact) mass is 452 g/mol. The van der Waals surface area contributed by atoms with Gasteiger partial charge in [-0.15, -0.1) is 0 Å². The molecular formula is C26H36N4O3. The molecule has 2 aliphatic heterocycles. The van der Waals surface area contributed by atoms with Crippen molar-refractivity contribution in [2.24, 2.45) is 5.92 Å². The molecule has 0 spiro atoms. The Morgan fingerprint density at radius 2 is 1.61 bits per heavy atom. The van der Waals surface area contributed by atoms with Crippen LogP contribution in [0.2, 0.25) is 0 Å². The van der Waals surface area contributed by atoms with Crippen molar-refractivity contribution in [3.63, 3.8) is 0 Å². The Labute approximate surface area is 195 Å². The molecule has 7 nitrogen and oxygen atoms in total. The molecule has 0 radical (unpaired) electrons. The van der Waals surface area contributed by atoms with E-state index in [1.807, 2.05) is 29.2 Å². The van der Waals surface area contributed by atoms with Crippen LogP contribution >= 0.6 is 0 Å². The lowest BCUT2D eigenvalue weighted by Gasteiger charge is -2.33. The summed E-state index contributed by atoms with van der Waals surface area (Å²) in [6, 6.07) is 7.41. The second kappa shape index (κ2) is 11.0. The van der Waals surface area contributed by atoms with Crippen LogP contribution in [0.5, 0.6) is 0 Å². The van der Waals surface area contributed by atoms with Crippen molar-refractivity contribution in [3.05, 3.63) is 55.8 Å². The van der Waals surface area contributed by atoms with E-state index in [0.29, 0.717) is 35.9 Å². The third-order valence-electron chi connectivity index (χ3n) is 7.08. The minimum absolute atomic E-state index is 0.0616. The van der Waals surface area contributed by atoms with Crippen LogP contribution in [0.4, 0.5) is 11.4 Å². The van der Waals surface area contributed by atoms with E-state index in [-0.39, 0.29) is 11.3 Å². The van der Waals surface area contributed by atoms with Gasteiger partial charge in [-0.1, -0.05) is 31.9 Å². The summed E-state index contributed by atoms with van der Waals surface area (Å²) in [5.41, 5.74) is 1.77. The van der Waals surface area contributed by atoms with Gasteiger partial charge in [0.2, 0.25) is 0 Å². The molecule has 0 atom stereocenters. The normalized spacial score (nSPS) is 18.3. The summed E-state index contributed by atoms with van der Waals surface area (Å²) in [6.07, 6.45) is 7.20. The number of carbonyl (C=O) groups is 1. The quantitative estimate of drug-likeness (QED) is 0.600. The summed E-state index contributed by atoms with van der Waals surface area (Å²) in [5.74, 6) is 0.600. The molecule has 2 aliphatic rings. The molecule has 178 valence electrons. The highest BCUT2D eigenvalue weighted by Gasteiger charge is 2.28. The Hall–Kier alpha value is -2.67. The molecule has 2 N–H and O–H groups in total. The SMILES string of the molecule is CC1CCN(c2c(NCc3ccc(C(=O)NCCN4CCCCCC4)cc3)c(=O)c2=O)CC1. The fourth-order valence-electron chi connectivity index (χ4n) is 4.83. The highest BCUT2D eigenvalue weighted by Crippen LogP contribution is 2.26. The Balaban J connectivity index is 1.26. The maximum absolute atomic E-state index is 12.5. The van der Waals surface area contributed by atoms with Gasteiger partial charge in [0.15, 0.2) is 0 Å². The van der Waals surface area contributed by atoms with Crippen molar-refractivity contribution >= 4 is 17.3 Å². The van der Waals surface area contributed by atoms with Crippen LogP contribution in [-0.4, -0.2) is 50.1 Å². The first-order chi connectivity index (χ1) is 16.0. The summed E-state index contributed by atoms with van der Waals surface area (Å²) in [5, 5.41) is 6.18. The number of nitrogens with zero attached hydrogens (tertiary/aromatic N) is 2. The molecule has 4 rings (SSSR count). The number of rotatable bonds is 8. The third kappa shape index (κ3) is 5.82. The number of likely N-dealkylation sites (tertiary alicyclic amines) is 1. The molecule has 0 aliphatic carbocycles. The van der Waals surface area contributed by atoms with E-state index in [9.17, 15) is 14.4 Å². The number of hydrogen-bond acceptors (Lipinski definition) is 6. The first-order valence-corrected chi connectivity index (χ1v) is 12.4. The van der Waals surface area contributed by atoms with E-state index in [1.54, 1.807) is 0 Å². The number of benzene rings is 1. The fourth-order valence-corrected chi connectivity index (χ4v) is 4.83. The van der Waals surface area contributed by atoms with Gasteiger partial charge in [-0.2, -0.15) is 0 Å². The smallest absolute Gasteiger partial charge is 0.253 e. The van der Waals surface area contributed by atoms with E-state index in [1.165, 1.54) is 25.7 Å². The molecule has 1 amide bonds. The van der Waals surface area contributed by atoms with Crippen LogP contribution in [0, 0.1) is 5.92 Å². The van der Waals surface area contributed by atoms with Gasteiger partial charge >= 0.3 is 0 Å². The molecule has 0 aromatic heterocycles. The predicted octanol–water partition coefficient (Wildman–Crippen LogP) is 2.74. The van der Waals surface area contributed by atoms with Gasteiger partial charge in [0.05, 0.1) is 0 Å². The lowest BCUT2D eigenvalue weighted by Crippen LogP contribution is -2.45. The average Bonchev–Trinajstić information content (AvgIpc) is 3.11. The summed E-state index contributed by atoms with van der Waals surface area (Å²) < 4.78 is 0. The molecule has 0 unspecified atom stereocenters. The van der Waals surface area contributed by atoms with Gasteiger partial charge in [-0.3, -0.25) is 14.4 Å². The van der Waals surface area contributed by atoms with Crippen molar-refractivity contribution < 1.29 is 4.79 Å². The zero-order valence-electron chi connectivity index (χ0n) is 19.7. The van der Waals surface area contributed by atoms with Crippen molar-refractivity contribution in [1.29, 1.82) is 0 Å². The van der Waals surface area contributed by atoms with Crippen LogP contribution in [0.1, 0.15) is 61.4 Å². The van der Waals surface area contributed by atoms with Gasteiger partial charge in [0.1, 0.15) is 11.4 Å². The Bertz CT molecular complexity index is 994. The van der Waals surface area contributed by atoms with Crippen LogP contribution in [0.25, 0.3) is 0 Å². The van der Waals surface area contributed by atoms with Crippen LogP contribution in [0.3, 0.4) is 0 Å². The summed E-state index contributed by atoms with van der Waals surface area (Å²) >= 11 is 0. The van der Waals surface area contributed by atoms with Gasteiger partial charge < -0.3 is 20.4 Å². The number of amides is 1. The van der Waals surface area contributed by atoms with Gasteiger partial charge in [0, 0.05) is 38.3 Å². The highest BCUT2D eigenvalue weighted by molar-refractivity contribution is 5.94. The highest BCUT2D eigenvalue weighted by atomic mass is 16.2. The van der Waals surface area contributed by atoms with Gasteiger partial charge in [-0.25, -0.2) is 0 Å². The van der Waals surface area contributed by atoms with Gasteiger partial charge in [-0.05, 0) is 62.4 Å². The second-order valence-electron chi connectivity index (χ2n) is 9.61. The number of hydrogen-bond donors (Lipinski definition) is 2. The molecule has 7 heteroatoms. The van der Waals surface area contributed by atoms with E-state index in [0.717, 1.165) is 51.1 Å². The average molecular weight is 453 g/mol. The van der Waals surface area contributed by atoms with E-state index < -0.39 is 5.43 Å². The van der Waals surface area contributed by atoms with Crippen LogP contribution in [0.15, 0.2) is 33.9 Å². The summed E-state index contributed by atoms with van der Waals surface area (Å²) in [4.78, 5) is 41.2. The lowest BCUT2D eigenvalue weighted by atomic mass is 9.98. The van der Waals surface area contributed by atoms with E-state index in [4.69, 9.17) is 0 Å². The zero-order valence-corrected chi connectivity index (χ0v) is 19.7. The maximum Gasteiger partial charge on any atom is 0.253 e. The van der Waals surface area contributed by atoms with E-state index in [2.05, 4.69) is 22.5 Å². The molecule has 0 saturated carbocycles. The van der Waals surface area contributed by atoms with Crippen LogP contribution in [-0.2, 0) is 6.54 Å². The predicted molar refractivity (Wildman–Crippen MR) is 133 cm³/mol. The molecule has 2 aromatic rings. The molecule has 2 heterocycles. The zero-order chi connectivity index (χ0) is 23.2. The molecule has 0 bridgehead atoms. The lowest BCUT2D eigenvalue weighted by molar-refractivity contribution is 0.0948. The molecule has 2 saturated heterocycles. The molecule has 33 heavy (non-hydrogen) atoms. The van der Waals surface area contributed by atoms with Crippen molar-refractivity contribution in [3.8, 4) is 0 Å². The number of carbonyl (C=O) groups excluding carboxylic acids is 1. The number of anilines is 2. The minimum Gasteiger partial charge on any atom is -0.376 e. The Morgan fingerprint density at radius 1 is 0.939 bits per heavy atom.